The first kappa shape index (κ1) is 32.0. The standard InChI is InChI=1S/C17H19N3O3.C17H17N3O3/c1-9(2)17(3)12-10(5-4-6-11(12)21)20-14(13(17)16(22)23)15-18-7-8-19-15;1-9(2)17(3)16(23)19-14(20-17)13-11(15(21)22)8-10-6-4-5-7-12(10)18-13/h4-5,7-9,20H,6H2,1-3H3,(H,18,19)(H,22,23);4-9H,1-3H3,(H,21,22)(H,19,20,23). The molecule has 0 spiro atoms. The number of amides is 1. The largest absolute Gasteiger partial charge is 0.478 e. The molecule has 4 heterocycles. The number of ketones is 1. The van der Waals surface area contributed by atoms with Crippen molar-refractivity contribution in [2.24, 2.45) is 22.2 Å². The molecule has 0 radical (unpaired) electrons. The Kier molecular flexibility index (Phi) is 8.24. The fourth-order valence-electron chi connectivity index (χ4n) is 5.87. The topological polar surface area (TPSA) is 187 Å². The molecule has 12 nitrogen and oxygen atoms in total. The number of aromatic nitrogens is 3. The average Bonchev–Trinajstić information content (AvgIpc) is 3.65. The number of carboxylic acid groups (broad SMARTS) is 2. The number of para-hydroxylation sites is 1. The molecule has 0 bridgehead atoms. The lowest BCUT2D eigenvalue weighted by molar-refractivity contribution is -0.134. The Morgan fingerprint density at radius 3 is 2.28 bits per heavy atom. The third-order valence-corrected chi connectivity index (χ3v) is 9.13. The first-order valence-corrected chi connectivity index (χ1v) is 14.9. The molecule has 0 fully saturated rings. The minimum absolute atomic E-state index is 0.0197. The van der Waals surface area contributed by atoms with Gasteiger partial charge in [0.2, 0.25) is 0 Å². The summed E-state index contributed by atoms with van der Waals surface area (Å²) >= 11 is 0. The van der Waals surface area contributed by atoms with Gasteiger partial charge >= 0.3 is 11.9 Å². The summed E-state index contributed by atoms with van der Waals surface area (Å²) in [6.45, 7) is 11.2. The molecule has 46 heavy (non-hydrogen) atoms. The van der Waals surface area contributed by atoms with Gasteiger partial charge in [0.25, 0.3) is 5.91 Å². The van der Waals surface area contributed by atoms with Crippen LogP contribution >= 0.6 is 0 Å². The number of aliphatic imine (C=N–C) groups is 1. The van der Waals surface area contributed by atoms with Crippen LogP contribution in [-0.2, 0) is 14.4 Å². The molecule has 238 valence electrons. The quantitative estimate of drug-likeness (QED) is 0.264. The number of carbonyl (C=O) groups excluding carboxylic acids is 2. The maximum Gasteiger partial charge on any atom is 0.338 e. The van der Waals surface area contributed by atoms with Crippen LogP contribution in [0, 0.1) is 17.3 Å². The number of carboxylic acids is 2. The van der Waals surface area contributed by atoms with Gasteiger partial charge in [0.1, 0.15) is 11.2 Å². The lowest BCUT2D eigenvalue weighted by Crippen LogP contribution is -2.43. The van der Waals surface area contributed by atoms with Crippen LogP contribution < -0.4 is 10.6 Å². The second kappa shape index (κ2) is 11.8. The van der Waals surface area contributed by atoms with Gasteiger partial charge in [-0.1, -0.05) is 58.9 Å². The summed E-state index contributed by atoms with van der Waals surface area (Å²) in [7, 11) is 0. The van der Waals surface area contributed by atoms with Crippen LogP contribution in [0.5, 0.6) is 0 Å². The van der Waals surface area contributed by atoms with Crippen LogP contribution in [0.4, 0.5) is 0 Å². The Balaban J connectivity index is 0.000000181. The number of aliphatic carboxylic acids is 1. The Bertz CT molecular complexity index is 1900. The van der Waals surface area contributed by atoms with Crippen molar-refractivity contribution >= 4 is 46.1 Å². The molecule has 12 heteroatoms. The second-order valence-corrected chi connectivity index (χ2v) is 12.4. The van der Waals surface area contributed by atoms with Gasteiger partial charge in [-0.2, -0.15) is 0 Å². The van der Waals surface area contributed by atoms with Crippen LogP contribution in [0.15, 0.2) is 76.7 Å². The predicted molar refractivity (Wildman–Crippen MR) is 172 cm³/mol. The zero-order chi connectivity index (χ0) is 33.6. The van der Waals surface area contributed by atoms with Crippen molar-refractivity contribution in [2.75, 3.05) is 0 Å². The highest BCUT2D eigenvalue weighted by Crippen LogP contribution is 2.50. The molecule has 2 aromatic heterocycles. The van der Waals surface area contributed by atoms with E-state index in [4.69, 9.17) is 0 Å². The minimum atomic E-state index is -1.10. The van der Waals surface area contributed by atoms with E-state index in [0.717, 1.165) is 5.39 Å². The van der Waals surface area contributed by atoms with Crippen molar-refractivity contribution in [1.29, 1.82) is 0 Å². The highest BCUT2D eigenvalue weighted by atomic mass is 16.4. The number of pyridine rings is 1. The van der Waals surface area contributed by atoms with E-state index in [1.807, 2.05) is 52.8 Å². The highest BCUT2D eigenvalue weighted by Gasteiger charge is 2.49. The van der Waals surface area contributed by atoms with Crippen molar-refractivity contribution < 1.29 is 29.4 Å². The Hall–Kier alpha value is -5.39. The minimum Gasteiger partial charge on any atom is -0.478 e. The van der Waals surface area contributed by atoms with Gasteiger partial charge in [-0.3, -0.25) is 9.59 Å². The highest BCUT2D eigenvalue weighted by molar-refractivity contribution is 6.18. The van der Waals surface area contributed by atoms with Crippen molar-refractivity contribution in [2.45, 2.75) is 53.5 Å². The summed E-state index contributed by atoms with van der Waals surface area (Å²) in [6, 6.07) is 8.79. The molecule has 1 aliphatic carbocycles. The van der Waals surface area contributed by atoms with E-state index < -0.39 is 22.9 Å². The van der Waals surface area contributed by atoms with E-state index in [-0.39, 0.29) is 46.2 Å². The summed E-state index contributed by atoms with van der Waals surface area (Å²) in [5.74, 6) is -1.85. The zero-order valence-electron chi connectivity index (χ0n) is 26.4. The van der Waals surface area contributed by atoms with Crippen LogP contribution in [-0.4, -0.2) is 60.2 Å². The molecule has 2 aliphatic heterocycles. The number of hydrogen-bond acceptors (Lipinski definition) is 8. The number of carbonyl (C=O) groups is 4. The monoisotopic (exact) mass is 624 g/mol. The van der Waals surface area contributed by atoms with Crippen LogP contribution in [0.2, 0.25) is 0 Å². The van der Waals surface area contributed by atoms with E-state index >= 15 is 0 Å². The van der Waals surface area contributed by atoms with E-state index in [1.54, 1.807) is 43.6 Å². The first-order chi connectivity index (χ1) is 21.7. The second-order valence-electron chi connectivity index (χ2n) is 12.4. The SMILES string of the molecule is CC(C)C1(C)C2=C(C=CCC2=O)NC(c2ncc[nH]2)=C1C(=O)O.CC(C)C1(C)N=C(c2nc3ccccc3cc2C(=O)O)NC1=O. The molecule has 1 aromatic carbocycles. The van der Waals surface area contributed by atoms with Gasteiger partial charge in [-0.15, -0.1) is 0 Å². The molecule has 0 saturated carbocycles. The number of amidine groups is 1. The fraction of sp³-hybridized carbons (Fsp3) is 0.324. The van der Waals surface area contributed by atoms with Gasteiger partial charge in [0, 0.05) is 40.9 Å². The number of hydrogen-bond donors (Lipinski definition) is 5. The molecule has 5 N–H and O–H groups in total. The van der Waals surface area contributed by atoms with Crippen LogP contribution in [0.25, 0.3) is 16.6 Å². The van der Waals surface area contributed by atoms with Crippen molar-refractivity contribution in [3.63, 3.8) is 0 Å². The van der Waals surface area contributed by atoms with Crippen molar-refractivity contribution in [1.82, 2.24) is 25.6 Å². The zero-order valence-corrected chi connectivity index (χ0v) is 26.4. The van der Waals surface area contributed by atoms with E-state index in [0.29, 0.717) is 34.7 Å². The van der Waals surface area contributed by atoms with Gasteiger partial charge in [-0.25, -0.2) is 24.5 Å². The summed E-state index contributed by atoms with van der Waals surface area (Å²) in [5, 5.41) is 25.9. The third kappa shape index (κ3) is 5.29. The summed E-state index contributed by atoms with van der Waals surface area (Å²) < 4.78 is 0. The number of aromatic amines is 1. The Labute approximate surface area is 265 Å². The summed E-state index contributed by atoms with van der Waals surface area (Å²) in [4.78, 5) is 64.4. The number of imidazole rings is 1. The van der Waals surface area contributed by atoms with Crippen LogP contribution in [0.1, 0.15) is 69.8 Å². The molecule has 1 amide bonds. The maximum absolute atomic E-state index is 12.5. The number of H-pyrrole nitrogens is 1. The average molecular weight is 625 g/mol. The first-order valence-electron chi connectivity index (χ1n) is 14.9. The lowest BCUT2D eigenvalue weighted by Gasteiger charge is -2.42. The fourth-order valence-corrected chi connectivity index (χ4v) is 5.87. The smallest absolute Gasteiger partial charge is 0.338 e. The number of benzene rings is 1. The molecule has 6 rings (SSSR count). The maximum atomic E-state index is 12.5. The molecule has 0 saturated heterocycles. The number of rotatable bonds is 6. The molecule has 2 unspecified atom stereocenters. The molecule has 3 aromatic rings. The van der Waals surface area contributed by atoms with Gasteiger partial charge in [-0.05, 0) is 37.0 Å². The van der Waals surface area contributed by atoms with E-state index in [9.17, 15) is 29.4 Å². The number of allylic oxidation sites excluding steroid dienone is 3. The lowest BCUT2D eigenvalue weighted by atomic mass is 9.62. The van der Waals surface area contributed by atoms with Gasteiger partial charge < -0.3 is 25.8 Å². The number of nitrogens with one attached hydrogen (secondary N) is 3. The van der Waals surface area contributed by atoms with Crippen LogP contribution in [0.3, 0.4) is 0 Å². The van der Waals surface area contributed by atoms with E-state index in [2.05, 4.69) is 30.6 Å². The molecular weight excluding hydrogens is 588 g/mol. The number of fused-ring (bicyclic) bond motifs is 1. The molecule has 2 atom stereocenters. The Morgan fingerprint density at radius 2 is 1.70 bits per heavy atom. The Morgan fingerprint density at radius 1 is 0.978 bits per heavy atom. The number of nitrogens with zero attached hydrogens (tertiary/aromatic N) is 3. The number of aromatic carboxylic acids is 1. The van der Waals surface area contributed by atoms with Gasteiger partial charge in [0.15, 0.2) is 17.4 Å². The number of dihydropyridines is 1. The van der Waals surface area contributed by atoms with Gasteiger partial charge in [0.05, 0.1) is 22.4 Å². The molecular formula is C34H36N6O6. The van der Waals surface area contributed by atoms with Crippen molar-refractivity contribution in [3.8, 4) is 0 Å². The van der Waals surface area contributed by atoms with Crippen molar-refractivity contribution in [3.05, 3.63) is 88.8 Å². The molecule has 3 aliphatic rings. The summed E-state index contributed by atoms with van der Waals surface area (Å²) in [6.07, 6.45) is 7.15. The summed E-state index contributed by atoms with van der Waals surface area (Å²) in [5.41, 5.74) is 0.847. The number of Topliss-reactive ketones (excluding diaryl/α,β-unsaturated/α-hetero) is 1. The van der Waals surface area contributed by atoms with E-state index in [1.165, 1.54) is 0 Å². The third-order valence-electron chi connectivity index (χ3n) is 9.13. The normalized spacial score (nSPS) is 22.4. The predicted octanol–water partition coefficient (Wildman–Crippen LogP) is 4.48.